The smallest absolute Gasteiger partial charge is 0.168 e. The number of hydrogen-bond donors (Lipinski definition) is 1. The highest BCUT2D eigenvalue weighted by Gasteiger charge is 2.10. The molecule has 0 bridgehead atoms. The molecule has 0 aliphatic carbocycles. The Morgan fingerprint density at radius 3 is 2.80 bits per heavy atom. The summed E-state index contributed by atoms with van der Waals surface area (Å²) in [6.45, 7) is 0. The third-order valence-electron chi connectivity index (χ3n) is 3.50. The normalized spacial score (nSPS) is 11.2. The number of nitrogens with zero attached hydrogens (tertiary/aromatic N) is 6. The number of rotatable bonds is 4. The maximum atomic E-state index is 5.86. The second-order valence-corrected chi connectivity index (χ2v) is 5.52. The van der Waals surface area contributed by atoms with E-state index >= 15 is 0 Å². The third-order valence-corrected chi connectivity index (χ3v) is 3.71. The second kappa shape index (κ2) is 6.66. The summed E-state index contributed by atoms with van der Waals surface area (Å²) < 4.78 is 1.76. The molecule has 0 radical (unpaired) electrons. The zero-order valence-corrected chi connectivity index (χ0v) is 13.7. The van der Waals surface area contributed by atoms with Crippen molar-refractivity contribution < 1.29 is 0 Å². The van der Waals surface area contributed by atoms with Crippen molar-refractivity contribution in [3.8, 4) is 5.69 Å². The van der Waals surface area contributed by atoms with Gasteiger partial charge in [0.2, 0.25) is 0 Å². The van der Waals surface area contributed by atoms with Crippen molar-refractivity contribution in [3.63, 3.8) is 0 Å². The third kappa shape index (κ3) is 3.17. The quantitative estimate of drug-likeness (QED) is 0.347. The first-order valence-corrected chi connectivity index (χ1v) is 7.84. The molecule has 3 heterocycles. The molecule has 0 amide bonds. The van der Waals surface area contributed by atoms with Crippen LogP contribution in [-0.4, -0.2) is 30.9 Å². The lowest BCUT2D eigenvalue weighted by Gasteiger charge is -2.03. The van der Waals surface area contributed by atoms with Crippen LogP contribution in [0.1, 0.15) is 5.56 Å². The number of pyridine rings is 1. The minimum absolute atomic E-state index is 0.414. The van der Waals surface area contributed by atoms with Crippen LogP contribution in [0.25, 0.3) is 16.7 Å². The Labute approximate surface area is 148 Å². The number of hydrazone groups is 1. The van der Waals surface area contributed by atoms with Crippen LogP contribution in [0.3, 0.4) is 0 Å². The van der Waals surface area contributed by atoms with Crippen molar-refractivity contribution in [2.45, 2.75) is 0 Å². The van der Waals surface area contributed by atoms with Crippen LogP contribution >= 0.6 is 11.6 Å². The summed E-state index contributed by atoms with van der Waals surface area (Å²) in [7, 11) is 0. The van der Waals surface area contributed by atoms with Gasteiger partial charge in [0.05, 0.1) is 23.5 Å². The molecule has 8 heteroatoms. The molecule has 0 saturated heterocycles. The first-order chi connectivity index (χ1) is 12.3. The molecule has 0 spiro atoms. The summed E-state index contributed by atoms with van der Waals surface area (Å²) in [6.07, 6.45) is 6.45. The van der Waals surface area contributed by atoms with E-state index in [1.54, 1.807) is 35.4 Å². The summed E-state index contributed by atoms with van der Waals surface area (Å²) in [6, 6.07) is 13.3. The summed E-state index contributed by atoms with van der Waals surface area (Å²) in [4.78, 5) is 12.5. The molecule has 122 valence electrons. The standard InChI is InChI=1S/C17H12ClN7/c18-15-8-12(6-7-19-15)9-22-24-16-14-10-23-25(17(14)21-11-20-16)13-4-2-1-3-5-13/h1-11H,(H,20,21,24)/b22-9+. The highest BCUT2D eigenvalue weighted by atomic mass is 35.5. The van der Waals surface area contributed by atoms with Crippen LogP contribution in [-0.2, 0) is 0 Å². The first-order valence-electron chi connectivity index (χ1n) is 7.46. The molecule has 0 unspecified atom stereocenters. The van der Waals surface area contributed by atoms with E-state index in [0.29, 0.717) is 16.6 Å². The van der Waals surface area contributed by atoms with Crippen molar-refractivity contribution in [3.05, 3.63) is 71.9 Å². The number of aromatic nitrogens is 5. The molecular formula is C17H12ClN7. The van der Waals surface area contributed by atoms with Gasteiger partial charge in [-0.2, -0.15) is 10.2 Å². The van der Waals surface area contributed by atoms with Crippen LogP contribution in [0.15, 0.2) is 66.3 Å². The number of halogens is 1. The van der Waals surface area contributed by atoms with Gasteiger partial charge in [-0.05, 0) is 29.8 Å². The fourth-order valence-electron chi connectivity index (χ4n) is 2.36. The number of hydrogen-bond acceptors (Lipinski definition) is 6. The molecule has 4 aromatic rings. The molecule has 4 rings (SSSR count). The summed E-state index contributed by atoms with van der Waals surface area (Å²) in [5, 5.41) is 9.79. The average Bonchev–Trinajstić information content (AvgIpc) is 3.08. The molecule has 3 aromatic heterocycles. The largest absolute Gasteiger partial charge is 0.261 e. The molecule has 0 aliphatic rings. The molecule has 7 nitrogen and oxygen atoms in total. The zero-order chi connectivity index (χ0) is 17.1. The number of para-hydroxylation sites is 1. The van der Waals surface area contributed by atoms with Crippen LogP contribution in [0.2, 0.25) is 5.15 Å². The van der Waals surface area contributed by atoms with Crippen molar-refractivity contribution >= 4 is 34.7 Å². The van der Waals surface area contributed by atoms with Gasteiger partial charge in [0.25, 0.3) is 0 Å². The van der Waals surface area contributed by atoms with Crippen molar-refractivity contribution in [1.29, 1.82) is 0 Å². The van der Waals surface area contributed by atoms with E-state index in [2.05, 4.69) is 30.6 Å². The Hall–Kier alpha value is -3.32. The lowest BCUT2D eigenvalue weighted by Crippen LogP contribution is -1.99. The maximum Gasteiger partial charge on any atom is 0.168 e. The Morgan fingerprint density at radius 1 is 1.08 bits per heavy atom. The minimum Gasteiger partial charge on any atom is -0.261 e. The highest BCUT2D eigenvalue weighted by Crippen LogP contribution is 2.21. The summed E-state index contributed by atoms with van der Waals surface area (Å²) in [5.74, 6) is 0.573. The summed E-state index contributed by atoms with van der Waals surface area (Å²) >= 11 is 5.86. The molecule has 0 aliphatic heterocycles. The number of fused-ring (bicyclic) bond motifs is 1. The fourth-order valence-corrected chi connectivity index (χ4v) is 2.54. The van der Waals surface area contributed by atoms with Crippen molar-refractivity contribution in [1.82, 2.24) is 24.7 Å². The van der Waals surface area contributed by atoms with Gasteiger partial charge in [0, 0.05) is 6.20 Å². The molecule has 0 fully saturated rings. The number of anilines is 1. The minimum atomic E-state index is 0.414. The summed E-state index contributed by atoms with van der Waals surface area (Å²) in [5.41, 5.74) is 5.38. The average molecular weight is 350 g/mol. The number of benzene rings is 1. The van der Waals surface area contributed by atoms with Crippen LogP contribution in [0.4, 0.5) is 5.82 Å². The molecular weight excluding hydrogens is 338 g/mol. The lowest BCUT2D eigenvalue weighted by molar-refractivity contribution is 0.895. The first kappa shape index (κ1) is 15.2. The van der Waals surface area contributed by atoms with E-state index in [0.717, 1.165) is 16.6 Å². The van der Waals surface area contributed by atoms with E-state index < -0.39 is 0 Å². The van der Waals surface area contributed by atoms with Gasteiger partial charge in [-0.1, -0.05) is 29.8 Å². The zero-order valence-electron chi connectivity index (χ0n) is 12.9. The molecule has 25 heavy (non-hydrogen) atoms. The predicted octanol–water partition coefficient (Wildman–Crippen LogP) is 3.31. The van der Waals surface area contributed by atoms with Crippen molar-refractivity contribution in [2.24, 2.45) is 5.10 Å². The van der Waals surface area contributed by atoms with E-state index in [4.69, 9.17) is 11.6 Å². The van der Waals surface area contributed by atoms with Gasteiger partial charge >= 0.3 is 0 Å². The van der Waals surface area contributed by atoms with Gasteiger partial charge in [0.15, 0.2) is 11.5 Å². The molecule has 1 aromatic carbocycles. The topological polar surface area (TPSA) is 80.9 Å². The van der Waals surface area contributed by atoms with Crippen LogP contribution in [0.5, 0.6) is 0 Å². The van der Waals surface area contributed by atoms with Gasteiger partial charge in [-0.3, -0.25) is 5.43 Å². The van der Waals surface area contributed by atoms with Gasteiger partial charge < -0.3 is 0 Å². The van der Waals surface area contributed by atoms with Gasteiger partial charge in [-0.25, -0.2) is 19.6 Å². The molecule has 0 atom stereocenters. The Bertz CT molecular complexity index is 1040. The van der Waals surface area contributed by atoms with Gasteiger partial charge in [0.1, 0.15) is 11.5 Å². The Morgan fingerprint density at radius 2 is 1.96 bits per heavy atom. The molecule has 1 N–H and O–H groups in total. The number of nitrogens with one attached hydrogen (secondary N) is 1. The fraction of sp³-hybridized carbons (Fsp3) is 0. The molecule has 0 saturated carbocycles. The predicted molar refractivity (Wildman–Crippen MR) is 97.1 cm³/mol. The second-order valence-electron chi connectivity index (χ2n) is 5.13. The van der Waals surface area contributed by atoms with Crippen LogP contribution < -0.4 is 5.43 Å². The lowest BCUT2D eigenvalue weighted by atomic mass is 10.3. The Balaban J connectivity index is 1.64. The van der Waals surface area contributed by atoms with E-state index in [-0.39, 0.29) is 0 Å². The van der Waals surface area contributed by atoms with E-state index in [1.165, 1.54) is 6.33 Å². The Kier molecular flexibility index (Phi) is 4.05. The van der Waals surface area contributed by atoms with E-state index in [9.17, 15) is 0 Å². The van der Waals surface area contributed by atoms with Gasteiger partial charge in [-0.15, -0.1) is 0 Å². The SMILES string of the molecule is Clc1cc(/C=N/Nc2ncnc3c2cnn3-c2ccccc2)ccn1. The maximum absolute atomic E-state index is 5.86. The monoisotopic (exact) mass is 349 g/mol. The van der Waals surface area contributed by atoms with Crippen molar-refractivity contribution in [2.75, 3.05) is 5.43 Å². The highest BCUT2D eigenvalue weighted by molar-refractivity contribution is 6.29. The van der Waals surface area contributed by atoms with Crippen LogP contribution in [0, 0.1) is 0 Å². The van der Waals surface area contributed by atoms with E-state index in [1.807, 2.05) is 30.3 Å².